The molecular weight excluding hydrogens is 600 g/mol. The van der Waals surface area contributed by atoms with Crippen LogP contribution in [0.25, 0.3) is 0 Å². The zero-order chi connectivity index (χ0) is 35.9. The molecule has 0 unspecified atom stereocenters. The lowest BCUT2D eigenvalue weighted by molar-refractivity contribution is 0.0693. The van der Waals surface area contributed by atoms with Crippen LogP contribution in [-0.4, -0.2) is 33.2 Å². The fraction of sp³-hybridized carbons (Fsp3) is 0.786. The maximum atomic E-state index is 12.9. The molecule has 1 rings (SSSR count). The van der Waals surface area contributed by atoms with E-state index in [9.17, 15) is 29.7 Å². The van der Waals surface area contributed by atoms with Gasteiger partial charge in [0.1, 0.15) is 0 Å². The van der Waals surface area contributed by atoms with E-state index in [1.54, 1.807) is 0 Å². The van der Waals surface area contributed by atoms with Gasteiger partial charge in [-0.2, -0.15) is 0 Å². The molecule has 0 bridgehead atoms. The van der Waals surface area contributed by atoms with Crippen molar-refractivity contribution in [2.24, 2.45) is 17.8 Å². The number of carbonyl (C=O) groups is 3. The molecule has 0 saturated carbocycles. The Balaban J connectivity index is 3.25. The van der Waals surface area contributed by atoms with Gasteiger partial charge in [-0.25, -0.2) is 14.4 Å². The van der Waals surface area contributed by atoms with E-state index >= 15 is 0 Å². The maximum Gasteiger partial charge on any atom is 0.336 e. The highest BCUT2D eigenvalue weighted by Crippen LogP contribution is 2.34. The molecule has 0 aromatic heterocycles. The Kier molecular flexibility index (Phi) is 23.3. The van der Waals surface area contributed by atoms with Gasteiger partial charge in [-0.15, -0.1) is 0 Å². The average Bonchev–Trinajstić information content (AvgIpc) is 2.99. The quantitative estimate of drug-likeness (QED) is 0.0701. The highest BCUT2D eigenvalue weighted by Gasteiger charge is 2.32. The molecule has 48 heavy (non-hydrogen) atoms. The first-order valence-corrected chi connectivity index (χ1v) is 19.8. The number of rotatable bonds is 30. The predicted octanol–water partition coefficient (Wildman–Crippen LogP) is 12.6. The van der Waals surface area contributed by atoms with Crippen LogP contribution in [0.5, 0.6) is 0 Å². The average molecular weight is 673 g/mol. The molecule has 0 heterocycles. The Morgan fingerprint density at radius 2 is 0.542 bits per heavy atom. The van der Waals surface area contributed by atoms with Crippen molar-refractivity contribution in [2.75, 3.05) is 0 Å². The Labute approximate surface area is 293 Å². The lowest BCUT2D eigenvalue weighted by atomic mass is 9.81. The summed E-state index contributed by atoms with van der Waals surface area (Å²) in [5, 5.41) is 31.5. The predicted molar refractivity (Wildman–Crippen MR) is 200 cm³/mol. The molecule has 276 valence electrons. The van der Waals surface area contributed by atoms with Crippen LogP contribution in [0.4, 0.5) is 0 Å². The fourth-order valence-corrected chi connectivity index (χ4v) is 7.13. The van der Waals surface area contributed by atoms with E-state index in [0.717, 1.165) is 57.8 Å². The fourth-order valence-electron chi connectivity index (χ4n) is 7.13. The Morgan fingerprint density at radius 3 is 0.729 bits per heavy atom. The third-order valence-electron chi connectivity index (χ3n) is 9.83. The molecule has 0 saturated heterocycles. The zero-order valence-corrected chi connectivity index (χ0v) is 31.8. The second-order valence-corrected chi connectivity index (χ2v) is 15.6. The van der Waals surface area contributed by atoms with Gasteiger partial charge in [-0.1, -0.05) is 157 Å². The number of benzene rings is 1. The van der Waals surface area contributed by atoms with Crippen LogP contribution in [0.15, 0.2) is 0 Å². The second-order valence-electron chi connectivity index (χ2n) is 15.6. The molecule has 1 aromatic carbocycles. The van der Waals surface area contributed by atoms with Crippen LogP contribution < -0.4 is 0 Å². The standard InChI is InChI=1S/C42H72O6/c1-31(2)25-19-13-7-10-16-22-28-34-37(40(43)44)35(29-23-17-11-8-14-20-26-32(3)4)39(42(47)48)36(38(34)41(45)46)30-24-18-12-9-15-21-27-33(5)6/h31-33H,7-30H2,1-6H3,(H,43,44)(H,45,46)(H,47,48). The van der Waals surface area contributed by atoms with Crippen LogP contribution in [0.2, 0.25) is 0 Å². The van der Waals surface area contributed by atoms with Crippen molar-refractivity contribution in [3.05, 3.63) is 33.4 Å². The summed E-state index contributed by atoms with van der Waals surface area (Å²) in [7, 11) is 0. The van der Waals surface area contributed by atoms with Crippen molar-refractivity contribution in [1.29, 1.82) is 0 Å². The molecule has 0 aliphatic carbocycles. The van der Waals surface area contributed by atoms with Crippen LogP contribution in [0.3, 0.4) is 0 Å². The minimum absolute atomic E-state index is 0.0624. The first-order chi connectivity index (χ1) is 22.9. The van der Waals surface area contributed by atoms with Gasteiger partial charge in [0.15, 0.2) is 0 Å². The van der Waals surface area contributed by atoms with E-state index in [1.165, 1.54) is 57.8 Å². The number of hydrogen-bond donors (Lipinski definition) is 3. The molecule has 0 aliphatic rings. The third kappa shape index (κ3) is 17.9. The number of hydrogen-bond acceptors (Lipinski definition) is 3. The molecule has 0 spiro atoms. The Hall–Kier alpha value is -2.37. The minimum atomic E-state index is -1.21. The summed E-state index contributed by atoms with van der Waals surface area (Å²) in [5.74, 6) is -1.51. The van der Waals surface area contributed by atoms with Crippen LogP contribution >= 0.6 is 0 Å². The zero-order valence-electron chi connectivity index (χ0n) is 31.8. The lowest BCUT2D eigenvalue weighted by Gasteiger charge is -2.22. The summed E-state index contributed by atoms with van der Waals surface area (Å²) < 4.78 is 0. The summed E-state index contributed by atoms with van der Waals surface area (Å²) >= 11 is 0. The summed E-state index contributed by atoms with van der Waals surface area (Å²) in [6.07, 6.45) is 23.1. The molecule has 0 aliphatic heterocycles. The Morgan fingerprint density at radius 1 is 0.354 bits per heavy atom. The first-order valence-electron chi connectivity index (χ1n) is 19.8. The highest BCUT2D eigenvalue weighted by molar-refractivity contribution is 6.05. The molecule has 1 aromatic rings. The highest BCUT2D eigenvalue weighted by atomic mass is 16.4. The SMILES string of the molecule is CC(C)CCCCCCCCc1c(C(=O)O)c(CCCCCCCCC(C)C)c(C(=O)O)c(CCCCCCCCC(C)C)c1C(=O)O. The maximum absolute atomic E-state index is 12.9. The molecule has 0 atom stereocenters. The smallest absolute Gasteiger partial charge is 0.336 e. The van der Waals surface area contributed by atoms with Gasteiger partial charge in [0.2, 0.25) is 0 Å². The van der Waals surface area contributed by atoms with Gasteiger partial charge in [0, 0.05) is 0 Å². The van der Waals surface area contributed by atoms with E-state index in [2.05, 4.69) is 41.5 Å². The summed E-state index contributed by atoms with van der Waals surface area (Å²) in [6.45, 7) is 13.4. The van der Waals surface area contributed by atoms with Crippen LogP contribution in [-0.2, 0) is 19.3 Å². The van der Waals surface area contributed by atoms with E-state index in [1.807, 2.05) is 0 Å². The van der Waals surface area contributed by atoms with Gasteiger partial charge in [-0.3, -0.25) is 0 Å². The van der Waals surface area contributed by atoms with E-state index in [-0.39, 0.29) is 16.7 Å². The monoisotopic (exact) mass is 673 g/mol. The Bertz CT molecular complexity index is 916. The number of unbranched alkanes of at least 4 members (excludes halogenated alkanes) is 15. The summed E-state index contributed by atoms with van der Waals surface area (Å²) in [6, 6.07) is 0. The van der Waals surface area contributed by atoms with E-state index < -0.39 is 17.9 Å². The van der Waals surface area contributed by atoms with Crippen molar-refractivity contribution in [3.63, 3.8) is 0 Å². The first kappa shape index (κ1) is 43.7. The number of carboxylic acid groups (broad SMARTS) is 3. The third-order valence-corrected chi connectivity index (χ3v) is 9.83. The van der Waals surface area contributed by atoms with Crippen molar-refractivity contribution < 1.29 is 29.7 Å². The van der Waals surface area contributed by atoms with E-state index in [4.69, 9.17) is 0 Å². The second kappa shape index (κ2) is 25.6. The van der Waals surface area contributed by atoms with Crippen molar-refractivity contribution in [3.8, 4) is 0 Å². The van der Waals surface area contributed by atoms with Gasteiger partial charge >= 0.3 is 17.9 Å². The summed E-state index contributed by atoms with van der Waals surface area (Å²) in [4.78, 5) is 38.6. The van der Waals surface area contributed by atoms with E-state index in [0.29, 0.717) is 73.0 Å². The topological polar surface area (TPSA) is 112 Å². The van der Waals surface area contributed by atoms with Crippen LogP contribution in [0, 0.1) is 17.8 Å². The number of aromatic carboxylic acids is 3. The molecule has 6 nitrogen and oxygen atoms in total. The molecule has 0 fully saturated rings. The van der Waals surface area contributed by atoms with Crippen molar-refractivity contribution >= 4 is 17.9 Å². The largest absolute Gasteiger partial charge is 0.478 e. The molecule has 6 heteroatoms. The van der Waals surface area contributed by atoms with Gasteiger partial charge in [0.25, 0.3) is 0 Å². The molecule has 3 N–H and O–H groups in total. The van der Waals surface area contributed by atoms with Gasteiger partial charge in [-0.05, 0) is 73.0 Å². The molecular formula is C42H72O6. The molecule has 0 radical (unpaired) electrons. The van der Waals surface area contributed by atoms with Crippen LogP contribution in [0.1, 0.15) is 224 Å². The van der Waals surface area contributed by atoms with Crippen molar-refractivity contribution in [1.82, 2.24) is 0 Å². The van der Waals surface area contributed by atoms with Crippen molar-refractivity contribution in [2.45, 2.75) is 196 Å². The lowest BCUT2D eigenvalue weighted by Crippen LogP contribution is -2.22. The minimum Gasteiger partial charge on any atom is -0.478 e. The van der Waals surface area contributed by atoms with Gasteiger partial charge < -0.3 is 15.3 Å². The molecule has 0 amide bonds. The van der Waals surface area contributed by atoms with Gasteiger partial charge in [0.05, 0.1) is 16.7 Å². The number of carboxylic acids is 3. The summed E-state index contributed by atoms with van der Waals surface area (Å²) in [5.41, 5.74) is 0.833. The normalized spacial score (nSPS) is 11.7.